The molecule has 3 rings (SSSR count). The Hall–Kier alpha value is -1.34. The zero-order valence-electron chi connectivity index (χ0n) is 12.2. The fraction of sp³-hybridized carbons (Fsp3) is 0.444. The first-order chi connectivity index (χ1) is 8.99. The Morgan fingerprint density at radius 1 is 1.16 bits per heavy atom. The van der Waals surface area contributed by atoms with E-state index in [0.29, 0.717) is 11.8 Å². The summed E-state index contributed by atoms with van der Waals surface area (Å²) in [7, 11) is 1.84. The van der Waals surface area contributed by atoms with Crippen LogP contribution in [0.1, 0.15) is 26.3 Å². The molecule has 3 atom stereocenters. The van der Waals surface area contributed by atoms with Crippen LogP contribution < -0.4 is 0 Å². The minimum Gasteiger partial charge on any atom is -0.372 e. The highest BCUT2D eigenvalue weighted by atomic mass is 16.5. The van der Waals surface area contributed by atoms with E-state index in [1.165, 1.54) is 11.1 Å². The standard InChI is InChI=1S/C18H22O/c1-17(2,3)12-13-10-11-15-16(13)18(15,19-4)14-8-6-5-7-9-14/h5-12,15-16H,1-4H3/b13-12+/t15-,16+,18-/m0/s1. The summed E-state index contributed by atoms with van der Waals surface area (Å²) in [5, 5.41) is 0. The van der Waals surface area contributed by atoms with E-state index in [1.807, 2.05) is 7.11 Å². The number of allylic oxidation sites excluding steroid dienone is 2. The highest BCUT2D eigenvalue weighted by Crippen LogP contribution is 2.67. The molecule has 19 heavy (non-hydrogen) atoms. The van der Waals surface area contributed by atoms with Crippen molar-refractivity contribution in [1.82, 2.24) is 0 Å². The molecular formula is C18H22O. The summed E-state index contributed by atoms with van der Waals surface area (Å²) >= 11 is 0. The minimum atomic E-state index is -0.118. The van der Waals surface area contributed by atoms with Gasteiger partial charge < -0.3 is 4.74 Å². The van der Waals surface area contributed by atoms with E-state index in [2.05, 4.69) is 69.3 Å². The van der Waals surface area contributed by atoms with Crippen LogP contribution >= 0.6 is 0 Å². The molecular weight excluding hydrogens is 232 g/mol. The Morgan fingerprint density at radius 2 is 1.84 bits per heavy atom. The first-order valence-corrected chi connectivity index (χ1v) is 7.01. The molecule has 0 bridgehead atoms. The number of fused-ring (bicyclic) bond motifs is 1. The summed E-state index contributed by atoms with van der Waals surface area (Å²) in [5.74, 6) is 1.01. The SMILES string of the molecule is CO[C@]1(c2ccccc2)[C@@H]2/C(=C/C(C)(C)C)C=C[C@@H]21. The van der Waals surface area contributed by atoms with Crippen LogP contribution in [0, 0.1) is 17.3 Å². The Balaban J connectivity index is 1.98. The molecule has 1 aromatic rings. The van der Waals surface area contributed by atoms with Gasteiger partial charge in [0.15, 0.2) is 0 Å². The van der Waals surface area contributed by atoms with E-state index in [1.54, 1.807) is 0 Å². The molecule has 0 spiro atoms. The lowest BCUT2D eigenvalue weighted by Crippen LogP contribution is -2.16. The third-order valence-corrected chi connectivity index (χ3v) is 4.22. The summed E-state index contributed by atoms with van der Waals surface area (Å²) in [5.41, 5.74) is 2.83. The van der Waals surface area contributed by atoms with Gasteiger partial charge in [0.2, 0.25) is 0 Å². The zero-order valence-corrected chi connectivity index (χ0v) is 12.2. The minimum absolute atomic E-state index is 0.118. The second-order valence-corrected chi connectivity index (χ2v) is 6.74. The average Bonchev–Trinajstić information content (AvgIpc) is 2.86. The van der Waals surface area contributed by atoms with E-state index in [9.17, 15) is 0 Å². The van der Waals surface area contributed by atoms with Crippen molar-refractivity contribution in [3.63, 3.8) is 0 Å². The van der Waals surface area contributed by atoms with Crippen LogP contribution in [0.4, 0.5) is 0 Å². The third kappa shape index (κ3) is 1.88. The molecule has 0 aromatic heterocycles. The number of benzene rings is 1. The molecule has 0 N–H and O–H groups in total. The molecule has 1 heteroatoms. The van der Waals surface area contributed by atoms with Crippen LogP contribution in [-0.2, 0) is 10.3 Å². The van der Waals surface area contributed by atoms with Gasteiger partial charge in [0.25, 0.3) is 0 Å². The smallest absolute Gasteiger partial charge is 0.107 e. The van der Waals surface area contributed by atoms with E-state index in [0.717, 1.165) is 0 Å². The van der Waals surface area contributed by atoms with Crippen molar-refractivity contribution in [1.29, 1.82) is 0 Å². The summed E-state index contributed by atoms with van der Waals surface area (Å²) in [6.07, 6.45) is 6.98. The fourth-order valence-corrected chi connectivity index (χ4v) is 3.51. The lowest BCUT2D eigenvalue weighted by molar-refractivity contribution is 0.0594. The zero-order chi connectivity index (χ0) is 13.7. The summed E-state index contributed by atoms with van der Waals surface area (Å²) in [6, 6.07) is 10.6. The second-order valence-electron chi connectivity index (χ2n) is 6.74. The van der Waals surface area contributed by atoms with Crippen LogP contribution in [0.25, 0.3) is 0 Å². The van der Waals surface area contributed by atoms with Gasteiger partial charge in [-0.3, -0.25) is 0 Å². The van der Waals surface area contributed by atoms with Crippen molar-refractivity contribution in [3.8, 4) is 0 Å². The average molecular weight is 254 g/mol. The Kier molecular flexibility index (Phi) is 2.72. The molecule has 0 amide bonds. The van der Waals surface area contributed by atoms with E-state index < -0.39 is 0 Å². The number of rotatable bonds is 2. The summed E-state index contributed by atoms with van der Waals surface area (Å²) in [6.45, 7) is 6.75. The topological polar surface area (TPSA) is 9.23 Å². The van der Waals surface area contributed by atoms with Crippen LogP contribution in [-0.4, -0.2) is 7.11 Å². The van der Waals surface area contributed by atoms with Gasteiger partial charge in [0.1, 0.15) is 5.60 Å². The quantitative estimate of drug-likeness (QED) is 0.764. The molecule has 2 aliphatic carbocycles. The van der Waals surface area contributed by atoms with Gasteiger partial charge >= 0.3 is 0 Å². The Bertz CT molecular complexity index is 533. The van der Waals surface area contributed by atoms with Gasteiger partial charge in [-0.15, -0.1) is 0 Å². The molecule has 100 valence electrons. The lowest BCUT2D eigenvalue weighted by atomic mass is 9.90. The molecule has 0 radical (unpaired) electrons. The monoisotopic (exact) mass is 254 g/mol. The molecule has 0 aliphatic heterocycles. The Labute approximate surface area is 116 Å². The Morgan fingerprint density at radius 3 is 2.42 bits per heavy atom. The largest absolute Gasteiger partial charge is 0.372 e. The number of methoxy groups -OCH3 is 1. The van der Waals surface area contributed by atoms with Gasteiger partial charge in [0.05, 0.1) is 0 Å². The van der Waals surface area contributed by atoms with Gasteiger partial charge in [-0.2, -0.15) is 0 Å². The summed E-state index contributed by atoms with van der Waals surface area (Å²) < 4.78 is 5.95. The second kappa shape index (κ2) is 4.08. The van der Waals surface area contributed by atoms with E-state index >= 15 is 0 Å². The molecule has 1 aromatic carbocycles. The third-order valence-electron chi connectivity index (χ3n) is 4.22. The van der Waals surface area contributed by atoms with Gasteiger partial charge in [-0.05, 0) is 16.6 Å². The molecule has 1 nitrogen and oxygen atoms in total. The van der Waals surface area contributed by atoms with Crippen LogP contribution in [0.2, 0.25) is 0 Å². The van der Waals surface area contributed by atoms with Crippen molar-refractivity contribution >= 4 is 0 Å². The number of hydrogen-bond donors (Lipinski definition) is 0. The lowest BCUT2D eigenvalue weighted by Gasteiger charge is -2.20. The predicted octanol–water partition coefficient (Wildman–Crippen LogP) is 4.32. The van der Waals surface area contributed by atoms with Crippen LogP contribution in [0.5, 0.6) is 0 Å². The molecule has 1 fully saturated rings. The van der Waals surface area contributed by atoms with E-state index in [4.69, 9.17) is 4.74 Å². The summed E-state index contributed by atoms with van der Waals surface area (Å²) in [4.78, 5) is 0. The number of ether oxygens (including phenoxy) is 1. The number of hydrogen-bond acceptors (Lipinski definition) is 1. The molecule has 0 heterocycles. The van der Waals surface area contributed by atoms with Crippen molar-refractivity contribution in [2.24, 2.45) is 17.3 Å². The molecule has 0 saturated heterocycles. The van der Waals surface area contributed by atoms with Gasteiger partial charge in [-0.1, -0.05) is 69.3 Å². The van der Waals surface area contributed by atoms with Crippen molar-refractivity contribution in [2.75, 3.05) is 7.11 Å². The fourth-order valence-electron chi connectivity index (χ4n) is 3.51. The van der Waals surface area contributed by atoms with Crippen LogP contribution in [0.15, 0.2) is 54.1 Å². The van der Waals surface area contributed by atoms with Gasteiger partial charge in [0, 0.05) is 18.9 Å². The molecule has 1 saturated carbocycles. The van der Waals surface area contributed by atoms with Crippen molar-refractivity contribution in [3.05, 3.63) is 59.7 Å². The molecule has 2 aliphatic rings. The maximum Gasteiger partial charge on any atom is 0.107 e. The highest BCUT2D eigenvalue weighted by Gasteiger charge is 2.68. The highest BCUT2D eigenvalue weighted by molar-refractivity contribution is 5.50. The first-order valence-electron chi connectivity index (χ1n) is 7.01. The van der Waals surface area contributed by atoms with Gasteiger partial charge in [-0.25, -0.2) is 0 Å². The predicted molar refractivity (Wildman–Crippen MR) is 78.8 cm³/mol. The van der Waals surface area contributed by atoms with E-state index in [-0.39, 0.29) is 11.0 Å². The molecule has 0 unspecified atom stereocenters. The van der Waals surface area contributed by atoms with Crippen molar-refractivity contribution < 1.29 is 4.74 Å². The maximum absolute atomic E-state index is 5.95. The first kappa shape index (κ1) is 12.7. The van der Waals surface area contributed by atoms with Crippen molar-refractivity contribution in [2.45, 2.75) is 26.4 Å². The normalized spacial score (nSPS) is 34.6. The van der Waals surface area contributed by atoms with Crippen LogP contribution in [0.3, 0.4) is 0 Å². The maximum atomic E-state index is 5.95.